The molecule has 1 aromatic carbocycles. The normalized spacial score (nSPS) is 17.4. The molecule has 0 radical (unpaired) electrons. The van der Waals surface area contributed by atoms with Crippen LogP contribution in [-0.2, 0) is 6.42 Å². The van der Waals surface area contributed by atoms with Crippen LogP contribution in [-0.4, -0.2) is 29.3 Å². The Morgan fingerprint density at radius 3 is 2.81 bits per heavy atom. The van der Waals surface area contributed by atoms with Crippen LogP contribution < -0.4 is 10.1 Å². The number of nitrogens with one attached hydrogen (secondary N) is 1. The van der Waals surface area contributed by atoms with Gasteiger partial charge in [-0.05, 0) is 63.3 Å². The number of thiazole rings is 1. The molecule has 2 N–H and O–H groups in total. The minimum atomic E-state index is -0.594. The van der Waals surface area contributed by atoms with Crippen LogP contribution in [0.1, 0.15) is 51.2 Å². The number of ether oxygens (including phenoxy) is 1. The van der Waals surface area contributed by atoms with E-state index in [9.17, 15) is 5.11 Å². The van der Waals surface area contributed by atoms with Gasteiger partial charge in [-0.25, -0.2) is 4.98 Å². The Morgan fingerprint density at radius 1 is 1.38 bits per heavy atom. The number of rotatable bonds is 6. The van der Waals surface area contributed by atoms with Gasteiger partial charge in [0.15, 0.2) is 0 Å². The van der Waals surface area contributed by atoms with Gasteiger partial charge in [0, 0.05) is 17.5 Å². The molecule has 0 saturated carbocycles. The third kappa shape index (κ3) is 4.24. The third-order valence-corrected chi connectivity index (χ3v) is 5.79. The summed E-state index contributed by atoms with van der Waals surface area (Å²) in [6.45, 7) is 6.59. The molecule has 1 aliphatic rings. The number of nitrogens with zero attached hydrogens (tertiary/aromatic N) is 2. The van der Waals surface area contributed by atoms with Crippen molar-refractivity contribution in [3.05, 3.63) is 44.4 Å². The summed E-state index contributed by atoms with van der Waals surface area (Å²) in [6.07, 6.45) is 2.67. The maximum atomic E-state index is 10.3. The molecule has 2 unspecified atom stereocenters. The average molecular weight is 372 g/mol. The molecule has 2 atom stereocenters. The lowest BCUT2D eigenvalue weighted by atomic mass is 9.98. The van der Waals surface area contributed by atoms with Gasteiger partial charge in [0.2, 0.25) is 0 Å². The van der Waals surface area contributed by atoms with Crippen molar-refractivity contribution >= 4 is 11.3 Å². The zero-order valence-electron chi connectivity index (χ0n) is 15.5. The molecule has 6 heteroatoms. The molecule has 0 saturated heterocycles. The highest BCUT2D eigenvalue weighted by molar-refractivity contribution is 7.11. The Morgan fingerprint density at radius 2 is 2.12 bits per heavy atom. The highest BCUT2D eigenvalue weighted by atomic mass is 32.1. The molecule has 0 aliphatic heterocycles. The minimum absolute atomic E-state index is 0.224. The van der Waals surface area contributed by atoms with Crippen molar-refractivity contribution in [2.75, 3.05) is 13.2 Å². The van der Waals surface area contributed by atoms with Crippen LogP contribution in [0.15, 0.2) is 12.1 Å². The number of aliphatic hydroxyl groups excluding tert-OH is 1. The van der Waals surface area contributed by atoms with Crippen LogP contribution in [0.25, 0.3) is 0 Å². The Balaban J connectivity index is 1.54. The fraction of sp³-hybridized carbons (Fsp3) is 0.500. The molecule has 0 bridgehead atoms. The first-order chi connectivity index (χ1) is 12.5. The summed E-state index contributed by atoms with van der Waals surface area (Å²) in [5.74, 6) is 0.751. The Hall–Kier alpha value is -1.94. The number of aliphatic hydroxyl groups is 1. The first kappa shape index (κ1) is 18.8. The standard InChI is InChI=1S/C20H25N3O2S/c1-12-7-15(9-21)8-13(2)19(12)25-11-16(24)10-22-17-5-4-6-18-20(17)26-14(3)23-18/h7-8,16-17,22,24H,4-6,10-11H2,1-3H3. The first-order valence-electron chi connectivity index (χ1n) is 8.99. The van der Waals surface area contributed by atoms with E-state index in [0.717, 1.165) is 41.1 Å². The van der Waals surface area contributed by atoms with E-state index < -0.39 is 6.10 Å². The van der Waals surface area contributed by atoms with Crippen molar-refractivity contribution in [1.82, 2.24) is 10.3 Å². The molecule has 1 aliphatic carbocycles. The van der Waals surface area contributed by atoms with Gasteiger partial charge in [0.25, 0.3) is 0 Å². The number of aromatic nitrogens is 1. The van der Waals surface area contributed by atoms with E-state index in [2.05, 4.69) is 16.4 Å². The van der Waals surface area contributed by atoms with Crippen LogP contribution in [0, 0.1) is 32.1 Å². The largest absolute Gasteiger partial charge is 0.490 e. The molecule has 0 amide bonds. The minimum Gasteiger partial charge on any atom is -0.490 e. The SMILES string of the molecule is Cc1nc2c(s1)C(NCC(O)COc1c(C)cc(C#N)cc1C)CCC2. The molecule has 26 heavy (non-hydrogen) atoms. The van der Waals surface area contributed by atoms with Gasteiger partial charge in [-0.15, -0.1) is 11.3 Å². The van der Waals surface area contributed by atoms with Gasteiger partial charge in [0.05, 0.1) is 22.3 Å². The Bertz CT molecular complexity index is 802. The van der Waals surface area contributed by atoms with E-state index in [1.807, 2.05) is 32.9 Å². The van der Waals surface area contributed by atoms with E-state index in [4.69, 9.17) is 10.00 Å². The second-order valence-electron chi connectivity index (χ2n) is 6.91. The average Bonchev–Trinajstić information content (AvgIpc) is 2.99. The number of nitriles is 1. The lowest BCUT2D eigenvalue weighted by molar-refractivity contribution is 0.102. The zero-order chi connectivity index (χ0) is 18.7. The number of hydrogen-bond acceptors (Lipinski definition) is 6. The van der Waals surface area contributed by atoms with Gasteiger partial charge < -0.3 is 15.2 Å². The Kier molecular flexibility index (Phi) is 5.92. The van der Waals surface area contributed by atoms with Gasteiger partial charge in [-0.3, -0.25) is 0 Å². The number of hydrogen-bond donors (Lipinski definition) is 2. The highest BCUT2D eigenvalue weighted by Crippen LogP contribution is 2.33. The molecule has 0 fully saturated rings. The summed E-state index contributed by atoms with van der Waals surface area (Å²) < 4.78 is 5.83. The van der Waals surface area contributed by atoms with Gasteiger partial charge in [-0.2, -0.15) is 5.26 Å². The quantitative estimate of drug-likeness (QED) is 0.814. The van der Waals surface area contributed by atoms with Crippen molar-refractivity contribution in [3.63, 3.8) is 0 Å². The van der Waals surface area contributed by atoms with E-state index in [1.54, 1.807) is 11.3 Å². The van der Waals surface area contributed by atoms with E-state index in [-0.39, 0.29) is 12.6 Å². The fourth-order valence-electron chi connectivity index (χ4n) is 3.50. The fourth-order valence-corrected chi connectivity index (χ4v) is 4.58. The van der Waals surface area contributed by atoms with Crippen LogP contribution in [0.2, 0.25) is 0 Å². The summed E-state index contributed by atoms with van der Waals surface area (Å²) in [6, 6.07) is 6.04. The predicted octanol–water partition coefficient (Wildman–Crippen LogP) is 3.35. The third-order valence-electron chi connectivity index (χ3n) is 4.67. The predicted molar refractivity (Wildman–Crippen MR) is 103 cm³/mol. The van der Waals surface area contributed by atoms with Crippen molar-refractivity contribution in [2.24, 2.45) is 0 Å². The molecule has 2 aromatic rings. The lowest BCUT2D eigenvalue weighted by Crippen LogP contribution is -2.35. The van der Waals surface area contributed by atoms with Gasteiger partial charge in [0.1, 0.15) is 18.5 Å². The molecule has 0 spiro atoms. The summed E-state index contributed by atoms with van der Waals surface area (Å²) in [7, 11) is 0. The number of aryl methyl sites for hydroxylation is 4. The van der Waals surface area contributed by atoms with Crippen LogP contribution >= 0.6 is 11.3 Å². The number of benzene rings is 1. The number of fused-ring (bicyclic) bond motifs is 1. The monoisotopic (exact) mass is 371 g/mol. The van der Waals surface area contributed by atoms with Crippen molar-refractivity contribution in [2.45, 2.75) is 52.2 Å². The maximum Gasteiger partial charge on any atom is 0.125 e. The van der Waals surface area contributed by atoms with E-state index >= 15 is 0 Å². The van der Waals surface area contributed by atoms with E-state index in [0.29, 0.717) is 12.1 Å². The molecule has 1 heterocycles. The van der Waals surface area contributed by atoms with Gasteiger partial charge in [-0.1, -0.05) is 0 Å². The van der Waals surface area contributed by atoms with Gasteiger partial charge >= 0.3 is 0 Å². The van der Waals surface area contributed by atoms with Crippen molar-refractivity contribution < 1.29 is 9.84 Å². The Labute approximate surface area is 158 Å². The van der Waals surface area contributed by atoms with Crippen LogP contribution in [0.3, 0.4) is 0 Å². The first-order valence-corrected chi connectivity index (χ1v) is 9.81. The van der Waals surface area contributed by atoms with Crippen molar-refractivity contribution in [3.8, 4) is 11.8 Å². The molecule has 138 valence electrons. The van der Waals surface area contributed by atoms with Crippen molar-refractivity contribution in [1.29, 1.82) is 5.26 Å². The summed E-state index contributed by atoms with van der Waals surface area (Å²) >= 11 is 1.75. The smallest absolute Gasteiger partial charge is 0.125 e. The topological polar surface area (TPSA) is 78.2 Å². The summed E-state index contributed by atoms with van der Waals surface area (Å²) in [4.78, 5) is 5.93. The zero-order valence-corrected chi connectivity index (χ0v) is 16.3. The second-order valence-corrected chi connectivity index (χ2v) is 8.15. The highest BCUT2D eigenvalue weighted by Gasteiger charge is 2.24. The molecular weight excluding hydrogens is 346 g/mol. The maximum absolute atomic E-state index is 10.3. The summed E-state index contributed by atoms with van der Waals surface area (Å²) in [5.41, 5.74) is 3.67. The molecule has 1 aromatic heterocycles. The second kappa shape index (κ2) is 8.17. The summed E-state index contributed by atoms with van der Waals surface area (Å²) in [5, 5.41) is 23.9. The van der Waals surface area contributed by atoms with Crippen LogP contribution in [0.4, 0.5) is 0 Å². The van der Waals surface area contributed by atoms with Crippen LogP contribution in [0.5, 0.6) is 5.75 Å². The molecular formula is C20H25N3O2S. The lowest BCUT2D eigenvalue weighted by Gasteiger charge is -2.24. The van der Waals surface area contributed by atoms with E-state index in [1.165, 1.54) is 10.6 Å². The molecule has 3 rings (SSSR count). The molecule has 5 nitrogen and oxygen atoms in total.